The van der Waals surface area contributed by atoms with E-state index in [0.717, 1.165) is 13.1 Å². The molecule has 2 aromatic carbocycles. The summed E-state index contributed by atoms with van der Waals surface area (Å²) in [5.41, 5.74) is 1.94. The highest BCUT2D eigenvalue weighted by Gasteiger charge is 2.22. The summed E-state index contributed by atoms with van der Waals surface area (Å²) in [6.45, 7) is 4.89. The van der Waals surface area contributed by atoms with Gasteiger partial charge < -0.3 is 10.2 Å². The van der Waals surface area contributed by atoms with E-state index in [-0.39, 0.29) is 17.6 Å². The van der Waals surface area contributed by atoms with Crippen LogP contribution < -0.4 is 5.32 Å². The molecule has 6 nitrogen and oxygen atoms in total. The molecule has 2 aromatic rings. The standard InChI is InChI=1S/C22H24ClN3O3/c1-16(27)17-4-8-20(9-5-17)24-21(28)10-11-25-12-14-26(15-13-25)22(29)18-2-6-19(23)7-3-18/h2-9H,10-15H2,1H3,(H,24,28). The Morgan fingerprint density at radius 3 is 2.07 bits per heavy atom. The first kappa shape index (κ1) is 21.0. The molecule has 1 heterocycles. The zero-order valence-corrected chi connectivity index (χ0v) is 17.1. The molecule has 3 rings (SSSR count). The first-order valence-electron chi connectivity index (χ1n) is 9.60. The lowest BCUT2D eigenvalue weighted by Gasteiger charge is -2.34. The third-order valence-electron chi connectivity index (χ3n) is 4.98. The summed E-state index contributed by atoms with van der Waals surface area (Å²) in [5, 5.41) is 3.46. The average molecular weight is 414 g/mol. The number of rotatable bonds is 6. The van der Waals surface area contributed by atoms with Crippen LogP contribution in [0.15, 0.2) is 48.5 Å². The highest BCUT2D eigenvalue weighted by molar-refractivity contribution is 6.30. The molecule has 2 amide bonds. The van der Waals surface area contributed by atoms with Gasteiger partial charge in [-0.2, -0.15) is 0 Å². The number of hydrogen-bond acceptors (Lipinski definition) is 4. The summed E-state index contributed by atoms with van der Waals surface area (Å²) in [7, 11) is 0. The Labute approximate surface area is 175 Å². The van der Waals surface area contributed by atoms with Crippen molar-refractivity contribution in [3.63, 3.8) is 0 Å². The first-order chi connectivity index (χ1) is 13.9. The van der Waals surface area contributed by atoms with Crippen molar-refractivity contribution < 1.29 is 14.4 Å². The molecule has 152 valence electrons. The number of ketones is 1. The van der Waals surface area contributed by atoms with E-state index in [0.29, 0.717) is 47.9 Å². The number of carbonyl (C=O) groups is 3. The maximum atomic E-state index is 12.5. The number of hydrogen-bond donors (Lipinski definition) is 1. The van der Waals surface area contributed by atoms with Crippen LogP contribution in [0.3, 0.4) is 0 Å². The molecule has 7 heteroatoms. The van der Waals surface area contributed by atoms with Gasteiger partial charge in [0.2, 0.25) is 5.91 Å². The van der Waals surface area contributed by atoms with Crippen molar-refractivity contribution in [3.8, 4) is 0 Å². The molecule has 0 unspecified atom stereocenters. The number of nitrogens with one attached hydrogen (secondary N) is 1. The number of anilines is 1. The predicted octanol–water partition coefficient (Wildman–Crippen LogP) is 3.33. The molecule has 0 radical (unpaired) electrons. The molecule has 1 aliphatic rings. The number of carbonyl (C=O) groups excluding carboxylic acids is 3. The summed E-state index contributed by atoms with van der Waals surface area (Å²) in [6, 6.07) is 13.8. The Balaban J connectivity index is 1.41. The van der Waals surface area contributed by atoms with Crippen molar-refractivity contribution in [3.05, 3.63) is 64.7 Å². The second-order valence-electron chi connectivity index (χ2n) is 7.07. The van der Waals surface area contributed by atoms with Gasteiger partial charge in [-0.15, -0.1) is 0 Å². The quantitative estimate of drug-likeness (QED) is 0.737. The van der Waals surface area contributed by atoms with Crippen LogP contribution in [0, 0.1) is 0 Å². The monoisotopic (exact) mass is 413 g/mol. The van der Waals surface area contributed by atoms with Crippen molar-refractivity contribution in [1.82, 2.24) is 9.80 Å². The maximum absolute atomic E-state index is 12.5. The van der Waals surface area contributed by atoms with E-state index in [2.05, 4.69) is 10.2 Å². The number of Topliss-reactive ketones (excluding diaryl/α,β-unsaturated/α-hetero) is 1. The van der Waals surface area contributed by atoms with E-state index < -0.39 is 0 Å². The van der Waals surface area contributed by atoms with Gasteiger partial charge in [0.1, 0.15) is 0 Å². The summed E-state index contributed by atoms with van der Waals surface area (Å²) in [4.78, 5) is 40.0. The van der Waals surface area contributed by atoms with Gasteiger partial charge in [0.15, 0.2) is 5.78 Å². The Bertz CT molecular complexity index is 873. The van der Waals surface area contributed by atoms with E-state index in [1.807, 2.05) is 4.90 Å². The van der Waals surface area contributed by atoms with Crippen molar-refractivity contribution in [1.29, 1.82) is 0 Å². The van der Waals surface area contributed by atoms with Crippen molar-refractivity contribution >= 4 is 34.9 Å². The summed E-state index contributed by atoms with van der Waals surface area (Å²) < 4.78 is 0. The maximum Gasteiger partial charge on any atom is 0.253 e. The average Bonchev–Trinajstić information content (AvgIpc) is 2.73. The van der Waals surface area contributed by atoms with Crippen LogP contribution in [0.4, 0.5) is 5.69 Å². The Morgan fingerprint density at radius 1 is 0.897 bits per heavy atom. The topological polar surface area (TPSA) is 69.7 Å². The lowest BCUT2D eigenvalue weighted by molar-refractivity contribution is -0.116. The van der Waals surface area contributed by atoms with Gasteiger partial charge in [-0.05, 0) is 55.5 Å². The molecule has 1 saturated heterocycles. The molecule has 1 aliphatic heterocycles. The number of piperazine rings is 1. The molecule has 29 heavy (non-hydrogen) atoms. The Morgan fingerprint density at radius 2 is 1.48 bits per heavy atom. The van der Waals surface area contributed by atoms with Crippen LogP contribution in [0.5, 0.6) is 0 Å². The fourth-order valence-corrected chi connectivity index (χ4v) is 3.35. The minimum absolute atomic E-state index is 0.00318. The number of benzene rings is 2. The molecular weight excluding hydrogens is 390 g/mol. The van der Waals surface area contributed by atoms with E-state index in [1.165, 1.54) is 6.92 Å². The minimum atomic E-state index is -0.0692. The fraction of sp³-hybridized carbons (Fsp3) is 0.318. The largest absolute Gasteiger partial charge is 0.336 e. The van der Waals surface area contributed by atoms with Crippen LogP contribution in [-0.2, 0) is 4.79 Å². The SMILES string of the molecule is CC(=O)c1ccc(NC(=O)CCN2CCN(C(=O)c3ccc(Cl)cc3)CC2)cc1. The zero-order valence-electron chi connectivity index (χ0n) is 16.4. The van der Waals surface area contributed by atoms with Gasteiger partial charge in [-0.25, -0.2) is 0 Å². The molecule has 0 aliphatic carbocycles. The minimum Gasteiger partial charge on any atom is -0.336 e. The van der Waals surface area contributed by atoms with Crippen molar-refractivity contribution in [2.24, 2.45) is 0 Å². The lowest BCUT2D eigenvalue weighted by Crippen LogP contribution is -2.49. The molecule has 1 fully saturated rings. The van der Waals surface area contributed by atoms with Crippen molar-refractivity contribution in [2.75, 3.05) is 38.0 Å². The van der Waals surface area contributed by atoms with Gasteiger partial charge in [-0.3, -0.25) is 19.3 Å². The van der Waals surface area contributed by atoms with Crippen LogP contribution in [0.1, 0.15) is 34.1 Å². The normalized spacial score (nSPS) is 14.5. The molecule has 0 bridgehead atoms. The fourth-order valence-electron chi connectivity index (χ4n) is 3.22. The summed E-state index contributed by atoms with van der Waals surface area (Å²) in [6.07, 6.45) is 0.375. The highest BCUT2D eigenvalue weighted by atomic mass is 35.5. The molecule has 1 N–H and O–H groups in total. The van der Waals surface area contributed by atoms with Gasteiger partial charge in [0.25, 0.3) is 5.91 Å². The van der Waals surface area contributed by atoms with Gasteiger partial charge >= 0.3 is 0 Å². The number of halogens is 1. The number of nitrogens with zero attached hydrogens (tertiary/aromatic N) is 2. The third kappa shape index (κ3) is 5.89. The number of amides is 2. The summed E-state index contributed by atoms with van der Waals surface area (Å²) >= 11 is 5.87. The van der Waals surface area contributed by atoms with Crippen LogP contribution >= 0.6 is 11.6 Å². The molecule has 0 aromatic heterocycles. The molecule has 0 spiro atoms. The first-order valence-corrected chi connectivity index (χ1v) is 9.98. The molecule has 0 atom stereocenters. The second-order valence-corrected chi connectivity index (χ2v) is 7.51. The molecule has 0 saturated carbocycles. The van der Waals surface area contributed by atoms with Gasteiger partial charge in [0, 0.05) is 61.0 Å². The van der Waals surface area contributed by atoms with Crippen LogP contribution in [-0.4, -0.2) is 60.1 Å². The Hall–Kier alpha value is -2.70. The van der Waals surface area contributed by atoms with Gasteiger partial charge in [-0.1, -0.05) is 11.6 Å². The third-order valence-corrected chi connectivity index (χ3v) is 5.23. The van der Waals surface area contributed by atoms with E-state index in [9.17, 15) is 14.4 Å². The predicted molar refractivity (Wildman–Crippen MR) is 113 cm³/mol. The smallest absolute Gasteiger partial charge is 0.253 e. The Kier molecular flexibility index (Phi) is 7.01. The van der Waals surface area contributed by atoms with Crippen molar-refractivity contribution in [2.45, 2.75) is 13.3 Å². The summed E-state index contributed by atoms with van der Waals surface area (Å²) in [5.74, 6) is -0.0649. The second kappa shape index (κ2) is 9.67. The van der Waals surface area contributed by atoms with Crippen LogP contribution in [0.2, 0.25) is 5.02 Å². The van der Waals surface area contributed by atoms with Gasteiger partial charge in [0.05, 0.1) is 0 Å². The van der Waals surface area contributed by atoms with E-state index >= 15 is 0 Å². The molecular formula is C22H24ClN3O3. The zero-order chi connectivity index (χ0) is 20.8. The van der Waals surface area contributed by atoms with E-state index in [4.69, 9.17) is 11.6 Å². The van der Waals surface area contributed by atoms with Crippen LogP contribution in [0.25, 0.3) is 0 Å². The lowest BCUT2D eigenvalue weighted by atomic mass is 10.1. The highest BCUT2D eigenvalue weighted by Crippen LogP contribution is 2.14. The van der Waals surface area contributed by atoms with E-state index in [1.54, 1.807) is 48.5 Å².